The normalized spacial score (nSPS) is 18.9. The van der Waals surface area contributed by atoms with E-state index in [4.69, 9.17) is 4.74 Å². The van der Waals surface area contributed by atoms with E-state index in [1.165, 1.54) is 21.0 Å². The minimum atomic E-state index is 0.385. The molecule has 0 N–H and O–H groups in total. The molecule has 0 spiro atoms. The van der Waals surface area contributed by atoms with Crippen molar-refractivity contribution in [2.45, 2.75) is 32.9 Å². The van der Waals surface area contributed by atoms with Gasteiger partial charge in [-0.25, -0.2) is 0 Å². The number of thiophene rings is 1. The molecule has 3 heterocycles. The van der Waals surface area contributed by atoms with Crippen LogP contribution in [0.2, 0.25) is 0 Å². The van der Waals surface area contributed by atoms with Gasteiger partial charge in [-0.3, -0.25) is 9.58 Å². The van der Waals surface area contributed by atoms with E-state index >= 15 is 0 Å². The molecule has 1 atom stereocenters. The summed E-state index contributed by atoms with van der Waals surface area (Å²) in [5.41, 5.74) is 2.58. The Bertz CT molecular complexity index is 604. The van der Waals surface area contributed by atoms with E-state index in [1.54, 1.807) is 0 Å². The molecule has 0 bridgehead atoms. The highest BCUT2D eigenvalue weighted by Crippen LogP contribution is 2.29. The molecule has 1 unspecified atom stereocenters. The lowest BCUT2D eigenvalue weighted by Gasteiger charge is -2.31. The third-order valence-corrected chi connectivity index (χ3v) is 4.88. The van der Waals surface area contributed by atoms with Crippen LogP contribution in [0.3, 0.4) is 0 Å². The number of nitrogens with zero attached hydrogens (tertiary/aromatic N) is 3. The summed E-state index contributed by atoms with van der Waals surface area (Å²) in [6, 6.07) is 4.45. The summed E-state index contributed by atoms with van der Waals surface area (Å²) in [5, 5.41) is 4.64. The van der Waals surface area contributed by atoms with Crippen molar-refractivity contribution in [1.82, 2.24) is 14.7 Å². The predicted octanol–water partition coefficient (Wildman–Crippen LogP) is 2.93. The van der Waals surface area contributed by atoms with Crippen molar-refractivity contribution < 1.29 is 4.74 Å². The third-order valence-electron chi connectivity index (χ3n) is 3.89. The van der Waals surface area contributed by atoms with Gasteiger partial charge < -0.3 is 4.74 Å². The lowest BCUT2D eigenvalue weighted by molar-refractivity contribution is 0.104. The van der Waals surface area contributed by atoms with E-state index in [9.17, 15) is 0 Å². The lowest BCUT2D eigenvalue weighted by atomic mass is 9.97. The average molecular weight is 305 g/mol. The molecule has 5 heteroatoms. The SMILES string of the molecule is CCOCC1CN(Cc2ccc(C)s2)Cc2cn(C)nc21. The zero-order valence-electron chi connectivity index (χ0n) is 13.0. The van der Waals surface area contributed by atoms with Crippen LogP contribution in [0.25, 0.3) is 0 Å². The van der Waals surface area contributed by atoms with Gasteiger partial charge in [0.2, 0.25) is 0 Å². The minimum absolute atomic E-state index is 0.385. The highest BCUT2D eigenvalue weighted by Gasteiger charge is 2.28. The highest BCUT2D eigenvalue weighted by atomic mass is 32.1. The molecule has 2 aromatic heterocycles. The largest absolute Gasteiger partial charge is 0.381 e. The van der Waals surface area contributed by atoms with E-state index in [1.807, 2.05) is 30.0 Å². The molecule has 114 valence electrons. The molecular formula is C16H23N3OS. The van der Waals surface area contributed by atoms with Gasteiger partial charge >= 0.3 is 0 Å². The smallest absolute Gasteiger partial charge is 0.0736 e. The average Bonchev–Trinajstić information content (AvgIpc) is 3.01. The minimum Gasteiger partial charge on any atom is -0.381 e. The number of fused-ring (bicyclic) bond motifs is 1. The van der Waals surface area contributed by atoms with Crippen LogP contribution in [0.1, 0.15) is 33.9 Å². The van der Waals surface area contributed by atoms with Crippen LogP contribution in [0.15, 0.2) is 18.3 Å². The Hall–Kier alpha value is -1.17. The second-order valence-electron chi connectivity index (χ2n) is 5.75. The van der Waals surface area contributed by atoms with Gasteiger partial charge in [-0.05, 0) is 26.0 Å². The molecule has 0 aromatic carbocycles. The molecule has 1 aliphatic rings. The van der Waals surface area contributed by atoms with E-state index in [0.29, 0.717) is 5.92 Å². The zero-order chi connectivity index (χ0) is 14.8. The van der Waals surface area contributed by atoms with Crippen LogP contribution in [0.5, 0.6) is 0 Å². The third kappa shape index (κ3) is 3.36. The molecular weight excluding hydrogens is 282 g/mol. The van der Waals surface area contributed by atoms with Crippen LogP contribution in [0.4, 0.5) is 0 Å². The lowest BCUT2D eigenvalue weighted by Crippen LogP contribution is -2.34. The molecule has 0 radical (unpaired) electrons. The monoisotopic (exact) mass is 305 g/mol. The molecule has 0 saturated heterocycles. The molecule has 2 aromatic rings. The number of rotatable bonds is 5. The summed E-state index contributed by atoms with van der Waals surface area (Å²) < 4.78 is 7.60. The number of aryl methyl sites for hydroxylation is 2. The number of aromatic nitrogens is 2. The number of hydrogen-bond acceptors (Lipinski definition) is 4. The Morgan fingerprint density at radius 3 is 3.00 bits per heavy atom. The molecule has 1 aliphatic heterocycles. The fraction of sp³-hybridized carbons (Fsp3) is 0.562. The van der Waals surface area contributed by atoms with Gasteiger partial charge in [-0.2, -0.15) is 5.10 Å². The summed E-state index contributed by atoms with van der Waals surface area (Å²) in [6.45, 7) is 8.79. The van der Waals surface area contributed by atoms with Crippen LogP contribution < -0.4 is 0 Å². The first-order valence-corrected chi connectivity index (χ1v) is 8.35. The second-order valence-corrected chi connectivity index (χ2v) is 7.12. The zero-order valence-corrected chi connectivity index (χ0v) is 13.8. The fourth-order valence-corrected chi connectivity index (χ4v) is 3.96. The fourth-order valence-electron chi connectivity index (χ4n) is 3.03. The predicted molar refractivity (Wildman–Crippen MR) is 85.6 cm³/mol. The Labute approximate surface area is 130 Å². The first-order valence-electron chi connectivity index (χ1n) is 7.53. The summed E-state index contributed by atoms with van der Waals surface area (Å²) >= 11 is 1.89. The van der Waals surface area contributed by atoms with Crippen molar-refractivity contribution in [3.8, 4) is 0 Å². The van der Waals surface area contributed by atoms with Crippen LogP contribution in [-0.2, 0) is 24.9 Å². The molecule has 0 amide bonds. The summed E-state index contributed by atoms with van der Waals surface area (Å²) in [5.74, 6) is 0.385. The molecule has 3 rings (SSSR count). The summed E-state index contributed by atoms with van der Waals surface area (Å²) in [6.07, 6.45) is 2.15. The van der Waals surface area contributed by atoms with Crippen molar-refractivity contribution in [2.75, 3.05) is 19.8 Å². The van der Waals surface area contributed by atoms with Gasteiger partial charge in [-0.15, -0.1) is 11.3 Å². The van der Waals surface area contributed by atoms with E-state index in [2.05, 4.69) is 35.3 Å². The topological polar surface area (TPSA) is 30.3 Å². The first kappa shape index (κ1) is 14.8. The van der Waals surface area contributed by atoms with E-state index in [-0.39, 0.29) is 0 Å². The highest BCUT2D eigenvalue weighted by molar-refractivity contribution is 7.11. The molecule has 0 fully saturated rings. The number of ether oxygens (including phenoxy) is 1. The van der Waals surface area contributed by atoms with Gasteiger partial charge in [0.25, 0.3) is 0 Å². The molecule has 4 nitrogen and oxygen atoms in total. The van der Waals surface area contributed by atoms with Crippen LogP contribution >= 0.6 is 11.3 Å². The molecule has 21 heavy (non-hydrogen) atoms. The Kier molecular flexibility index (Phi) is 4.42. The quantitative estimate of drug-likeness (QED) is 0.851. The van der Waals surface area contributed by atoms with E-state index < -0.39 is 0 Å². The van der Waals surface area contributed by atoms with Crippen molar-refractivity contribution in [3.63, 3.8) is 0 Å². The van der Waals surface area contributed by atoms with E-state index in [0.717, 1.165) is 32.8 Å². The van der Waals surface area contributed by atoms with Crippen molar-refractivity contribution in [2.24, 2.45) is 7.05 Å². The first-order chi connectivity index (χ1) is 10.2. The van der Waals surface area contributed by atoms with Crippen LogP contribution in [0, 0.1) is 6.92 Å². The Balaban J connectivity index is 1.76. The van der Waals surface area contributed by atoms with Gasteiger partial charge in [0.05, 0.1) is 12.3 Å². The number of hydrogen-bond donors (Lipinski definition) is 0. The van der Waals surface area contributed by atoms with Crippen LogP contribution in [-0.4, -0.2) is 34.4 Å². The Morgan fingerprint density at radius 2 is 2.29 bits per heavy atom. The Morgan fingerprint density at radius 1 is 1.43 bits per heavy atom. The molecule has 0 aliphatic carbocycles. The molecule has 0 saturated carbocycles. The van der Waals surface area contributed by atoms with Gasteiger partial charge in [0.15, 0.2) is 0 Å². The standard InChI is InChI=1S/C16H23N3OS/c1-4-20-11-14-9-19(10-15-6-5-12(2)21-15)8-13-7-18(3)17-16(13)14/h5-7,14H,4,8-11H2,1-3H3. The maximum Gasteiger partial charge on any atom is 0.0736 e. The summed E-state index contributed by atoms with van der Waals surface area (Å²) in [7, 11) is 2.00. The maximum atomic E-state index is 5.67. The van der Waals surface area contributed by atoms with Crippen molar-refractivity contribution in [1.29, 1.82) is 0 Å². The maximum absolute atomic E-state index is 5.67. The van der Waals surface area contributed by atoms with Crippen molar-refractivity contribution in [3.05, 3.63) is 39.3 Å². The van der Waals surface area contributed by atoms with Gasteiger partial charge in [-0.1, -0.05) is 0 Å². The van der Waals surface area contributed by atoms with Crippen molar-refractivity contribution >= 4 is 11.3 Å². The van der Waals surface area contributed by atoms with Gasteiger partial charge in [0.1, 0.15) is 0 Å². The second kappa shape index (κ2) is 6.30. The van der Waals surface area contributed by atoms with Gasteiger partial charge in [0, 0.05) is 60.7 Å². The summed E-state index contributed by atoms with van der Waals surface area (Å²) in [4.78, 5) is 5.34.